The van der Waals surface area contributed by atoms with Gasteiger partial charge in [0.1, 0.15) is 18.2 Å². The highest BCUT2D eigenvalue weighted by Crippen LogP contribution is 2.40. The van der Waals surface area contributed by atoms with Crippen molar-refractivity contribution in [1.29, 1.82) is 0 Å². The molecule has 1 atom stereocenters. The van der Waals surface area contributed by atoms with Crippen LogP contribution in [0.3, 0.4) is 0 Å². The van der Waals surface area contributed by atoms with Crippen molar-refractivity contribution in [3.8, 4) is 28.4 Å². The van der Waals surface area contributed by atoms with E-state index in [0.717, 1.165) is 57.1 Å². The number of aromatic nitrogens is 4. The Labute approximate surface area is 207 Å². The topological polar surface area (TPSA) is 52.8 Å². The predicted molar refractivity (Wildman–Crippen MR) is 137 cm³/mol. The molecule has 3 aromatic heterocycles. The van der Waals surface area contributed by atoms with Crippen molar-refractivity contribution in [2.24, 2.45) is 0 Å². The summed E-state index contributed by atoms with van der Waals surface area (Å²) in [6.07, 6.45) is 5.64. The third kappa shape index (κ3) is 4.17. The van der Waals surface area contributed by atoms with E-state index in [1.807, 2.05) is 54.9 Å². The molecule has 0 spiro atoms. The average molecular weight is 483 g/mol. The minimum Gasteiger partial charge on any atom is -0.475 e. The molecule has 5 aromatic rings. The number of hydrogen-bond acceptors (Lipinski definition) is 5. The molecule has 0 unspecified atom stereocenters. The second-order valence-corrected chi connectivity index (χ2v) is 9.36. The number of thioether (sulfide) groups is 1. The van der Waals surface area contributed by atoms with Crippen LogP contribution in [0.15, 0.2) is 84.0 Å². The Morgan fingerprint density at radius 1 is 1.00 bits per heavy atom. The maximum atomic E-state index is 13.6. The van der Waals surface area contributed by atoms with Gasteiger partial charge in [-0.25, -0.2) is 19.3 Å². The molecule has 0 saturated carbocycles. The molecule has 174 valence electrons. The molecule has 0 aliphatic carbocycles. The molecule has 0 amide bonds. The van der Waals surface area contributed by atoms with Crippen molar-refractivity contribution < 1.29 is 9.13 Å². The normalized spacial score (nSPS) is 14.9. The molecule has 5 nitrogen and oxygen atoms in total. The Bertz CT molecular complexity index is 1520. The van der Waals surface area contributed by atoms with Gasteiger partial charge in [-0.3, -0.25) is 0 Å². The number of fused-ring (bicyclic) bond motifs is 2. The zero-order valence-electron chi connectivity index (χ0n) is 19.2. The van der Waals surface area contributed by atoms with Crippen LogP contribution in [-0.2, 0) is 6.42 Å². The van der Waals surface area contributed by atoms with Gasteiger partial charge in [-0.15, -0.1) is 11.8 Å². The van der Waals surface area contributed by atoms with Crippen LogP contribution >= 0.6 is 11.8 Å². The van der Waals surface area contributed by atoms with Gasteiger partial charge in [0.15, 0.2) is 0 Å². The van der Waals surface area contributed by atoms with E-state index >= 15 is 0 Å². The molecule has 1 aliphatic rings. The van der Waals surface area contributed by atoms with Gasteiger partial charge >= 0.3 is 0 Å². The Kier molecular flexibility index (Phi) is 5.70. The van der Waals surface area contributed by atoms with Gasteiger partial charge in [-0.2, -0.15) is 0 Å². The molecule has 0 fully saturated rings. The largest absolute Gasteiger partial charge is 0.475 e. The molecule has 0 bridgehead atoms. The summed E-state index contributed by atoms with van der Waals surface area (Å²) in [6, 6.07) is 22.7. The number of aryl methyl sites for hydroxylation is 1. The van der Waals surface area contributed by atoms with Crippen molar-refractivity contribution in [2.75, 3.05) is 12.9 Å². The Hall–Kier alpha value is -3.71. The Balaban J connectivity index is 1.38. The van der Waals surface area contributed by atoms with Crippen LogP contribution in [0.25, 0.3) is 33.4 Å². The lowest BCUT2D eigenvalue weighted by atomic mass is 10.0. The maximum absolute atomic E-state index is 13.6. The summed E-state index contributed by atoms with van der Waals surface area (Å²) in [7, 11) is 0. The fraction of sp³-hybridized carbons (Fsp3) is 0.179. The van der Waals surface area contributed by atoms with Gasteiger partial charge in [0, 0.05) is 35.2 Å². The molecule has 35 heavy (non-hydrogen) atoms. The number of imidazole rings is 1. The van der Waals surface area contributed by atoms with Crippen LogP contribution in [-0.4, -0.2) is 32.4 Å². The molecule has 7 heteroatoms. The molecule has 4 heterocycles. The lowest BCUT2D eigenvalue weighted by molar-refractivity contribution is 0.248. The summed E-state index contributed by atoms with van der Waals surface area (Å²) in [5.41, 5.74) is 4.72. The summed E-state index contributed by atoms with van der Waals surface area (Å²) >= 11 is 1.60. The van der Waals surface area contributed by atoms with Gasteiger partial charge in [-0.05, 0) is 61.2 Å². The molecule has 0 N–H and O–H groups in total. The first kappa shape index (κ1) is 21.8. The molecule has 6 rings (SSSR count). The monoisotopic (exact) mass is 482 g/mol. The minimum atomic E-state index is -0.259. The lowest BCUT2D eigenvalue weighted by Gasteiger charge is -2.18. The fourth-order valence-corrected chi connectivity index (χ4v) is 5.10. The lowest BCUT2D eigenvalue weighted by Crippen LogP contribution is -2.15. The van der Waals surface area contributed by atoms with Crippen molar-refractivity contribution >= 4 is 22.7 Å². The van der Waals surface area contributed by atoms with E-state index in [1.54, 1.807) is 23.9 Å². The first-order valence-electron chi connectivity index (χ1n) is 11.6. The van der Waals surface area contributed by atoms with Crippen LogP contribution in [0.1, 0.15) is 18.3 Å². The van der Waals surface area contributed by atoms with Crippen LogP contribution in [0.2, 0.25) is 0 Å². The van der Waals surface area contributed by atoms with E-state index in [9.17, 15) is 4.39 Å². The van der Waals surface area contributed by atoms with E-state index in [0.29, 0.717) is 12.5 Å². The quantitative estimate of drug-likeness (QED) is 0.256. The highest BCUT2D eigenvalue weighted by molar-refractivity contribution is 7.98. The highest BCUT2D eigenvalue weighted by atomic mass is 32.2. The van der Waals surface area contributed by atoms with E-state index in [4.69, 9.17) is 9.72 Å². The summed E-state index contributed by atoms with van der Waals surface area (Å²) in [5.74, 6) is 1.37. The first-order valence-corrected chi connectivity index (χ1v) is 12.8. The molecule has 0 radical (unpaired) electrons. The number of hydrogen-bond donors (Lipinski definition) is 0. The Morgan fingerprint density at radius 2 is 1.86 bits per heavy atom. The number of pyridine rings is 2. The van der Waals surface area contributed by atoms with E-state index in [1.165, 1.54) is 12.1 Å². The van der Waals surface area contributed by atoms with E-state index < -0.39 is 0 Å². The summed E-state index contributed by atoms with van der Waals surface area (Å²) < 4.78 is 22.1. The summed E-state index contributed by atoms with van der Waals surface area (Å²) in [6.45, 7) is 0.491. The number of ether oxygens (including phenoxy) is 1. The molecule has 2 aromatic carbocycles. The minimum absolute atomic E-state index is 0.112. The summed E-state index contributed by atoms with van der Waals surface area (Å²) in [4.78, 5) is 14.1. The van der Waals surface area contributed by atoms with E-state index in [-0.39, 0.29) is 11.9 Å². The smallest absolute Gasteiger partial charge is 0.213 e. The standard InChI is InChI=1S/C28H23FN4OS/c1-35-26-16-20(14-15-30-26)28-27(19-6-9-21(29)10-7-19)32-24-12-11-22(33(24)28)17-34-25-13-8-18-4-2-3-5-23(18)31-25/h2-10,13-16,22H,11-12,17H2,1H3/t22-/m0/s1. The van der Waals surface area contributed by atoms with Crippen molar-refractivity contribution in [3.63, 3.8) is 0 Å². The summed E-state index contributed by atoms with van der Waals surface area (Å²) in [5, 5.41) is 2.03. The van der Waals surface area contributed by atoms with Crippen LogP contribution < -0.4 is 4.74 Å². The van der Waals surface area contributed by atoms with Gasteiger partial charge < -0.3 is 9.30 Å². The van der Waals surface area contributed by atoms with Gasteiger partial charge in [-0.1, -0.05) is 18.2 Å². The number of nitrogens with zero attached hydrogens (tertiary/aromatic N) is 4. The zero-order chi connectivity index (χ0) is 23.8. The maximum Gasteiger partial charge on any atom is 0.213 e. The Morgan fingerprint density at radius 3 is 2.71 bits per heavy atom. The third-order valence-corrected chi connectivity index (χ3v) is 7.02. The zero-order valence-corrected chi connectivity index (χ0v) is 20.0. The molecule has 0 saturated heterocycles. The van der Waals surface area contributed by atoms with Gasteiger partial charge in [0.05, 0.1) is 28.0 Å². The van der Waals surface area contributed by atoms with Crippen molar-refractivity contribution in [1.82, 2.24) is 19.5 Å². The molecular weight excluding hydrogens is 459 g/mol. The van der Waals surface area contributed by atoms with Crippen LogP contribution in [0, 0.1) is 5.82 Å². The van der Waals surface area contributed by atoms with Gasteiger partial charge in [0.25, 0.3) is 0 Å². The SMILES string of the molecule is CSc1cc(-c2c(-c3ccc(F)cc3)nc3n2[C@H](COc2ccc4ccccc4n2)CC3)ccn1. The number of para-hydroxylation sites is 1. The second-order valence-electron chi connectivity index (χ2n) is 8.53. The molecule has 1 aliphatic heterocycles. The number of benzene rings is 2. The van der Waals surface area contributed by atoms with Crippen molar-refractivity contribution in [3.05, 3.63) is 90.6 Å². The van der Waals surface area contributed by atoms with Gasteiger partial charge in [0.2, 0.25) is 5.88 Å². The highest BCUT2D eigenvalue weighted by Gasteiger charge is 2.31. The average Bonchev–Trinajstić information content (AvgIpc) is 3.47. The first-order chi connectivity index (χ1) is 17.2. The number of rotatable bonds is 6. The fourth-order valence-electron chi connectivity index (χ4n) is 4.69. The predicted octanol–water partition coefficient (Wildman–Crippen LogP) is 6.59. The van der Waals surface area contributed by atoms with Crippen molar-refractivity contribution in [2.45, 2.75) is 23.9 Å². The van der Waals surface area contributed by atoms with Crippen LogP contribution in [0.4, 0.5) is 4.39 Å². The second kappa shape index (κ2) is 9.15. The van der Waals surface area contributed by atoms with Crippen LogP contribution in [0.5, 0.6) is 5.88 Å². The number of halogens is 1. The van der Waals surface area contributed by atoms with E-state index in [2.05, 4.69) is 20.6 Å². The third-order valence-electron chi connectivity index (χ3n) is 6.38. The molecular formula is C28H23FN4OS.